The minimum absolute atomic E-state index is 0.0293. The predicted molar refractivity (Wildman–Crippen MR) is 87.5 cm³/mol. The fourth-order valence-corrected chi connectivity index (χ4v) is 3.27. The zero-order valence-electron chi connectivity index (χ0n) is 14.0. The standard InChI is InChI=1S/C18H26N2O2/c1-12-9-13(2)17(14(3)10-12)11-19-18(22)16-5-7-20(8-6-16)15(4)21/h9-10,16H,5-8,11H2,1-4H3,(H,19,22). The Hall–Kier alpha value is -1.84. The molecule has 1 aliphatic heterocycles. The molecule has 0 saturated carbocycles. The van der Waals surface area contributed by atoms with Crippen LogP contribution < -0.4 is 5.32 Å². The van der Waals surface area contributed by atoms with E-state index in [0.717, 1.165) is 12.8 Å². The SMILES string of the molecule is CC(=O)N1CCC(C(=O)NCc2c(C)cc(C)cc2C)CC1. The molecule has 0 atom stereocenters. The van der Waals surface area contributed by atoms with Gasteiger partial charge in [0.25, 0.3) is 0 Å². The van der Waals surface area contributed by atoms with Crippen LogP contribution >= 0.6 is 0 Å². The highest BCUT2D eigenvalue weighted by molar-refractivity contribution is 5.79. The maximum absolute atomic E-state index is 12.3. The Labute approximate surface area is 132 Å². The van der Waals surface area contributed by atoms with Crippen LogP contribution in [0.4, 0.5) is 0 Å². The van der Waals surface area contributed by atoms with E-state index in [-0.39, 0.29) is 17.7 Å². The first-order chi connectivity index (χ1) is 10.4. The van der Waals surface area contributed by atoms with Crippen molar-refractivity contribution in [2.24, 2.45) is 5.92 Å². The van der Waals surface area contributed by atoms with E-state index in [0.29, 0.717) is 19.6 Å². The third-order valence-corrected chi connectivity index (χ3v) is 4.59. The lowest BCUT2D eigenvalue weighted by molar-refractivity contribution is -0.134. The van der Waals surface area contributed by atoms with Gasteiger partial charge in [0.2, 0.25) is 11.8 Å². The van der Waals surface area contributed by atoms with Gasteiger partial charge in [-0.15, -0.1) is 0 Å². The first-order valence-corrected chi connectivity index (χ1v) is 7.98. The first kappa shape index (κ1) is 16.5. The van der Waals surface area contributed by atoms with E-state index in [1.165, 1.54) is 22.3 Å². The maximum Gasteiger partial charge on any atom is 0.223 e. The minimum Gasteiger partial charge on any atom is -0.352 e. The zero-order valence-corrected chi connectivity index (χ0v) is 14.0. The van der Waals surface area contributed by atoms with E-state index in [1.54, 1.807) is 6.92 Å². The number of likely N-dealkylation sites (tertiary alicyclic amines) is 1. The fourth-order valence-electron chi connectivity index (χ4n) is 3.27. The monoisotopic (exact) mass is 302 g/mol. The highest BCUT2D eigenvalue weighted by atomic mass is 16.2. The van der Waals surface area contributed by atoms with Gasteiger partial charge in [0.05, 0.1) is 0 Å². The molecule has 1 heterocycles. The van der Waals surface area contributed by atoms with E-state index < -0.39 is 0 Å². The van der Waals surface area contributed by atoms with E-state index in [4.69, 9.17) is 0 Å². The van der Waals surface area contributed by atoms with Crippen molar-refractivity contribution in [1.29, 1.82) is 0 Å². The Morgan fingerprint density at radius 3 is 2.18 bits per heavy atom. The molecule has 4 nitrogen and oxygen atoms in total. The van der Waals surface area contributed by atoms with E-state index >= 15 is 0 Å². The van der Waals surface area contributed by atoms with Gasteiger partial charge in [-0.05, 0) is 50.3 Å². The molecular formula is C18H26N2O2. The van der Waals surface area contributed by atoms with Crippen molar-refractivity contribution in [1.82, 2.24) is 10.2 Å². The van der Waals surface area contributed by atoms with Gasteiger partial charge >= 0.3 is 0 Å². The van der Waals surface area contributed by atoms with Crippen molar-refractivity contribution in [3.8, 4) is 0 Å². The number of carbonyl (C=O) groups is 2. The molecule has 0 unspecified atom stereocenters. The molecule has 1 N–H and O–H groups in total. The van der Waals surface area contributed by atoms with Crippen LogP contribution in [0.15, 0.2) is 12.1 Å². The number of carbonyl (C=O) groups excluding carboxylic acids is 2. The number of nitrogens with zero attached hydrogens (tertiary/aromatic N) is 1. The third-order valence-electron chi connectivity index (χ3n) is 4.59. The molecule has 1 aromatic carbocycles. The van der Waals surface area contributed by atoms with Crippen molar-refractivity contribution in [2.75, 3.05) is 13.1 Å². The molecule has 2 rings (SSSR count). The molecule has 0 spiro atoms. The van der Waals surface area contributed by atoms with Gasteiger partial charge in [0, 0.05) is 32.5 Å². The molecule has 1 saturated heterocycles. The number of rotatable bonds is 3. The predicted octanol–water partition coefficient (Wildman–Crippen LogP) is 2.49. The van der Waals surface area contributed by atoms with Crippen LogP contribution in [0.5, 0.6) is 0 Å². The summed E-state index contributed by atoms with van der Waals surface area (Å²) in [7, 11) is 0. The van der Waals surface area contributed by atoms with Crippen LogP contribution in [0, 0.1) is 26.7 Å². The van der Waals surface area contributed by atoms with E-state index in [2.05, 4.69) is 38.2 Å². The fraction of sp³-hybridized carbons (Fsp3) is 0.556. The van der Waals surface area contributed by atoms with Crippen LogP contribution in [-0.2, 0) is 16.1 Å². The Morgan fingerprint density at radius 2 is 1.68 bits per heavy atom. The Kier molecular flexibility index (Phi) is 5.22. The molecule has 0 aliphatic carbocycles. The van der Waals surface area contributed by atoms with Gasteiger partial charge < -0.3 is 10.2 Å². The zero-order chi connectivity index (χ0) is 16.3. The summed E-state index contributed by atoms with van der Waals surface area (Å²) in [4.78, 5) is 25.5. The molecule has 1 aliphatic rings. The summed E-state index contributed by atoms with van der Waals surface area (Å²) in [6.07, 6.45) is 1.52. The Balaban J connectivity index is 1.90. The normalized spacial score (nSPS) is 15.7. The summed E-state index contributed by atoms with van der Waals surface area (Å²) in [6, 6.07) is 4.31. The van der Waals surface area contributed by atoms with Crippen molar-refractivity contribution < 1.29 is 9.59 Å². The smallest absolute Gasteiger partial charge is 0.223 e. The van der Waals surface area contributed by atoms with E-state index in [1.807, 2.05) is 4.90 Å². The number of nitrogens with one attached hydrogen (secondary N) is 1. The van der Waals surface area contributed by atoms with Gasteiger partial charge in [0.15, 0.2) is 0 Å². The summed E-state index contributed by atoms with van der Waals surface area (Å²) < 4.78 is 0. The number of piperidine rings is 1. The molecule has 120 valence electrons. The summed E-state index contributed by atoms with van der Waals surface area (Å²) in [6.45, 7) is 9.82. The van der Waals surface area contributed by atoms with Crippen LogP contribution in [0.25, 0.3) is 0 Å². The quantitative estimate of drug-likeness (QED) is 0.932. The summed E-state index contributed by atoms with van der Waals surface area (Å²) in [5, 5.41) is 3.07. The lowest BCUT2D eigenvalue weighted by Gasteiger charge is -2.30. The highest BCUT2D eigenvalue weighted by Crippen LogP contribution is 2.19. The molecule has 0 radical (unpaired) electrons. The van der Waals surface area contributed by atoms with Crippen molar-refractivity contribution >= 4 is 11.8 Å². The molecule has 0 bridgehead atoms. The van der Waals surface area contributed by atoms with E-state index in [9.17, 15) is 9.59 Å². The van der Waals surface area contributed by atoms with Gasteiger partial charge in [-0.2, -0.15) is 0 Å². The number of hydrogen-bond donors (Lipinski definition) is 1. The molecular weight excluding hydrogens is 276 g/mol. The van der Waals surface area contributed by atoms with Gasteiger partial charge in [0.1, 0.15) is 0 Å². The van der Waals surface area contributed by atoms with Crippen LogP contribution in [0.1, 0.15) is 42.0 Å². The summed E-state index contributed by atoms with van der Waals surface area (Å²) >= 11 is 0. The minimum atomic E-state index is 0.0293. The number of aryl methyl sites for hydroxylation is 3. The number of benzene rings is 1. The van der Waals surface area contributed by atoms with Crippen LogP contribution in [0.3, 0.4) is 0 Å². The molecule has 0 aromatic heterocycles. The molecule has 1 aromatic rings. The van der Waals surface area contributed by atoms with Crippen LogP contribution in [0.2, 0.25) is 0 Å². The largest absolute Gasteiger partial charge is 0.352 e. The Morgan fingerprint density at radius 1 is 1.14 bits per heavy atom. The van der Waals surface area contributed by atoms with Crippen LogP contribution in [-0.4, -0.2) is 29.8 Å². The van der Waals surface area contributed by atoms with Gasteiger partial charge in [-0.3, -0.25) is 9.59 Å². The van der Waals surface area contributed by atoms with Crippen molar-refractivity contribution in [3.05, 3.63) is 34.4 Å². The second-order valence-corrected chi connectivity index (χ2v) is 6.38. The average Bonchev–Trinajstić information content (AvgIpc) is 2.46. The first-order valence-electron chi connectivity index (χ1n) is 7.98. The molecule has 4 heteroatoms. The topological polar surface area (TPSA) is 49.4 Å². The average molecular weight is 302 g/mol. The van der Waals surface area contributed by atoms with Gasteiger partial charge in [-0.1, -0.05) is 17.7 Å². The van der Waals surface area contributed by atoms with Gasteiger partial charge in [-0.25, -0.2) is 0 Å². The third kappa shape index (κ3) is 3.87. The number of hydrogen-bond acceptors (Lipinski definition) is 2. The number of amides is 2. The highest BCUT2D eigenvalue weighted by Gasteiger charge is 2.25. The molecule has 1 fully saturated rings. The lowest BCUT2D eigenvalue weighted by Crippen LogP contribution is -2.42. The van der Waals surface area contributed by atoms with Crippen molar-refractivity contribution in [3.63, 3.8) is 0 Å². The summed E-state index contributed by atoms with van der Waals surface area (Å²) in [5.74, 6) is 0.244. The van der Waals surface area contributed by atoms with Crippen molar-refractivity contribution in [2.45, 2.75) is 47.1 Å². The maximum atomic E-state index is 12.3. The molecule has 22 heavy (non-hydrogen) atoms. The molecule has 2 amide bonds. The summed E-state index contributed by atoms with van der Waals surface area (Å²) in [5.41, 5.74) is 4.91. The lowest BCUT2D eigenvalue weighted by atomic mass is 9.95. The Bertz CT molecular complexity index is 549. The second-order valence-electron chi connectivity index (χ2n) is 6.38. The second kappa shape index (κ2) is 6.95.